The molecule has 0 bridgehead atoms. The Bertz CT molecular complexity index is 908. The summed E-state index contributed by atoms with van der Waals surface area (Å²) in [6, 6.07) is 19.0. The first kappa shape index (κ1) is 20.8. The van der Waals surface area contributed by atoms with Crippen LogP contribution in [0.4, 0.5) is 0 Å². The van der Waals surface area contributed by atoms with Crippen LogP contribution >= 0.6 is 0 Å². The first-order chi connectivity index (χ1) is 14.2. The van der Waals surface area contributed by atoms with Crippen LogP contribution in [0.3, 0.4) is 0 Å². The van der Waals surface area contributed by atoms with Gasteiger partial charge in [0.25, 0.3) is 0 Å². The van der Waals surface area contributed by atoms with Crippen LogP contribution < -0.4 is 5.73 Å². The highest BCUT2D eigenvalue weighted by Gasteiger charge is 2.19. The summed E-state index contributed by atoms with van der Waals surface area (Å²) in [7, 11) is 0. The van der Waals surface area contributed by atoms with Crippen LogP contribution in [0.15, 0.2) is 67.1 Å². The molecule has 6 nitrogen and oxygen atoms in total. The predicted octanol–water partition coefficient (Wildman–Crippen LogP) is 3.15. The Labute approximate surface area is 171 Å². The summed E-state index contributed by atoms with van der Waals surface area (Å²) in [5, 5.41) is 9.24. The van der Waals surface area contributed by atoms with Gasteiger partial charge in [0.05, 0.1) is 18.6 Å². The van der Waals surface area contributed by atoms with Crippen molar-refractivity contribution in [3.05, 3.63) is 78.4 Å². The van der Waals surface area contributed by atoms with Crippen molar-refractivity contribution >= 4 is 5.97 Å². The van der Waals surface area contributed by atoms with E-state index >= 15 is 0 Å². The van der Waals surface area contributed by atoms with E-state index in [1.54, 1.807) is 6.33 Å². The Morgan fingerprint density at radius 3 is 2.69 bits per heavy atom. The van der Waals surface area contributed by atoms with Crippen molar-refractivity contribution < 1.29 is 14.6 Å². The SMILES string of the molecule is NCCOC(Cc1cn(CCCc2cccc(-c3ccccc3)c2)cn1)C(=O)O. The third-order valence-corrected chi connectivity index (χ3v) is 4.71. The molecule has 29 heavy (non-hydrogen) atoms. The van der Waals surface area contributed by atoms with E-state index in [2.05, 4.69) is 53.5 Å². The summed E-state index contributed by atoms with van der Waals surface area (Å²) in [5.74, 6) is -0.994. The van der Waals surface area contributed by atoms with Crippen LogP contribution in [0, 0.1) is 0 Å². The number of imidazole rings is 1. The fraction of sp³-hybridized carbons (Fsp3) is 0.304. The van der Waals surface area contributed by atoms with E-state index in [1.807, 2.05) is 16.8 Å². The summed E-state index contributed by atoms with van der Waals surface area (Å²) in [5.41, 5.74) is 9.84. The number of carboxylic acids is 1. The molecular formula is C23H27N3O3. The molecule has 0 spiro atoms. The molecule has 3 N–H and O–H groups in total. The molecule has 1 aromatic heterocycles. The number of aryl methyl sites for hydroxylation is 2. The molecule has 2 aromatic carbocycles. The number of carboxylic acid groups (broad SMARTS) is 1. The lowest BCUT2D eigenvalue weighted by molar-refractivity contribution is -0.150. The lowest BCUT2D eigenvalue weighted by Gasteiger charge is -2.11. The van der Waals surface area contributed by atoms with Gasteiger partial charge in [-0.2, -0.15) is 0 Å². The van der Waals surface area contributed by atoms with Crippen LogP contribution in [-0.4, -0.2) is 39.9 Å². The van der Waals surface area contributed by atoms with Crippen molar-refractivity contribution in [2.75, 3.05) is 13.2 Å². The average molecular weight is 393 g/mol. The molecule has 0 aliphatic carbocycles. The summed E-state index contributed by atoms with van der Waals surface area (Å²) >= 11 is 0. The molecule has 0 aliphatic rings. The number of nitrogens with two attached hydrogens (primary N) is 1. The minimum absolute atomic E-state index is 0.222. The van der Waals surface area contributed by atoms with Crippen LogP contribution in [0.5, 0.6) is 0 Å². The Hall–Kier alpha value is -2.96. The van der Waals surface area contributed by atoms with Gasteiger partial charge in [0.2, 0.25) is 0 Å². The second kappa shape index (κ2) is 10.5. The average Bonchev–Trinajstić information content (AvgIpc) is 3.19. The molecule has 1 atom stereocenters. The summed E-state index contributed by atoms with van der Waals surface area (Å²) < 4.78 is 7.28. The monoisotopic (exact) mass is 393 g/mol. The Balaban J connectivity index is 1.52. The van der Waals surface area contributed by atoms with Gasteiger partial charge in [-0.05, 0) is 29.5 Å². The lowest BCUT2D eigenvalue weighted by atomic mass is 10.0. The maximum absolute atomic E-state index is 11.3. The van der Waals surface area contributed by atoms with Gasteiger partial charge in [0.15, 0.2) is 6.10 Å². The van der Waals surface area contributed by atoms with E-state index in [9.17, 15) is 9.90 Å². The van der Waals surface area contributed by atoms with Crippen molar-refractivity contribution in [3.8, 4) is 11.1 Å². The minimum Gasteiger partial charge on any atom is -0.479 e. The molecule has 0 radical (unpaired) electrons. The topological polar surface area (TPSA) is 90.4 Å². The largest absolute Gasteiger partial charge is 0.479 e. The van der Waals surface area contributed by atoms with Gasteiger partial charge in [0.1, 0.15) is 0 Å². The number of benzene rings is 2. The molecule has 6 heteroatoms. The number of hydrogen-bond donors (Lipinski definition) is 2. The molecule has 0 aliphatic heterocycles. The molecule has 0 saturated heterocycles. The van der Waals surface area contributed by atoms with E-state index in [0.29, 0.717) is 12.2 Å². The van der Waals surface area contributed by atoms with Gasteiger partial charge in [-0.15, -0.1) is 0 Å². The fourth-order valence-electron chi connectivity index (χ4n) is 3.25. The Kier molecular flexibility index (Phi) is 7.55. The highest BCUT2D eigenvalue weighted by molar-refractivity contribution is 5.72. The van der Waals surface area contributed by atoms with E-state index < -0.39 is 12.1 Å². The van der Waals surface area contributed by atoms with Gasteiger partial charge in [-0.25, -0.2) is 9.78 Å². The number of aliphatic carboxylic acids is 1. The van der Waals surface area contributed by atoms with Gasteiger partial charge in [-0.1, -0.05) is 54.6 Å². The molecule has 3 aromatic rings. The molecule has 0 fully saturated rings. The molecular weight excluding hydrogens is 366 g/mol. The van der Waals surface area contributed by atoms with Crippen LogP contribution in [-0.2, 0) is 28.9 Å². The van der Waals surface area contributed by atoms with Crippen LogP contribution in [0.25, 0.3) is 11.1 Å². The van der Waals surface area contributed by atoms with Gasteiger partial charge >= 0.3 is 5.97 Å². The fourth-order valence-corrected chi connectivity index (χ4v) is 3.25. The smallest absolute Gasteiger partial charge is 0.333 e. The summed E-state index contributed by atoms with van der Waals surface area (Å²) in [6.45, 7) is 1.34. The Morgan fingerprint density at radius 2 is 1.93 bits per heavy atom. The normalized spacial score (nSPS) is 12.0. The number of aromatic nitrogens is 2. The van der Waals surface area contributed by atoms with Crippen molar-refractivity contribution in [1.82, 2.24) is 9.55 Å². The first-order valence-corrected chi connectivity index (χ1v) is 9.85. The van der Waals surface area contributed by atoms with Crippen LogP contribution in [0.2, 0.25) is 0 Å². The lowest BCUT2D eigenvalue weighted by Crippen LogP contribution is -2.28. The third-order valence-electron chi connectivity index (χ3n) is 4.71. The molecule has 152 valence electrons. The van der Waals surface area contributed by atoms with E-state index in [1.165, 1.54) is 16.7 Å². The van der Waals surface area contributed by atoms with Crippen LogP contribution in [0.1, 0.15) is 17.7 Å². The Morgan fingerprint density at radius 1 is 1.14 bits per heavy atom. The third kappa shape index (κ3) is 6.27. The first-order valence-electron chi connectivity index (χ1n) is 9.85. The quantitative estimate of drug-likeness (QED) is 0.522. The zero-order valence-electron chi connectivity index (χ0n) is 16.4. The molecule has 1 unspecified atom stereocenters. The summed E-state index contributed by atoms with van der Waals surface area (Å²) in [4.78, 5) is 15.6. The summed E-state index contributed by atoms with van der Waals surface area (Å²) in [6.07, 6.45) is 4.90. The number of carbonyl (C=O) groups is 1. The van der Waals surface area contributed by atoms with Gasteiger partial charge in [0, 0.05) is 25.7 Å². The predicted molar refractivity (Wildman–Crippen MR) is 113 cm³/mol. The second-order valence-corrected chi connectivity index (χ2v) is 6.96. The van der Waals surface area contributed by atoms with Gasteiger partial charge < -0.3 is 20.1 Å². The zero-order chi connectivity index (χ0) is 20.5. The van der Waals surface area contributed by atoms with E-state index in [4.69, 9.17) is 10.5 Å². The maximum Gasteiger partial charge on any atom is 0.333 e. The maximum atomic E-state index is 11.3. The van der Waals surface area contributed by atoms with Crippen molar-refractivity contribution in [2.45, 2.75) is 31.9 Å². The minimum atomic E-state index is -0.994. The molecule has 3 rings (SSSR count). The number of rotatable bonds is 11. The molecule has 1 heterocycles. The van der Waals surface area contributed by atoms with Crippen molar-refractivity contribution in [1.29, 1.82) is 0 Å². The van der Waals surface area contributed by atoms with E-state index in [-0.39, 0.29) is 13.0 Å². The van der Waals surface area contributed by atoms with E-state index in [0.717, 1.165) is 19.4 Å². The number of nitrogens with zero attached hydrogens (tertiary/aromatic N) is 2. The van der Waals surface area contributed by atoms with Crippen molar-refractivity contribution in [3.63, 3.8) is 0 Å². The second-order valence-electron chi connectivity index (χ2n) is 6.96. The molecule has 0 amide bonds. The number of hydrogen-bond acceptors (Lipinski definition) is 4. The highest BCUT2D eigenvalue weighted by atomic mass is 16.5. The zero-order valence-corrected chi connectivity index (χ0v) is 16.4. The number of ether oxygens (including phenoxy) is 1. The molecule has 0 saturated carbocycles. The van der Waals surface area contributed by atoms with Crippen molar-refractivity contribution in [2.24, 2.45) is 5.73 Å². The highest BCUT2D eigenvalue weighted by Crippen LogP contribution is 2.20. The standard InChI is InChI=1S/C23H27N3O3/c24-11-13-29-22(23(27)28)15-21-16-26(17-25-21)12-5-7-18-6-4-10-20(14-18)19-8-2-1-3-9-19/h1-4,6,8-10,14,16-17,22H,5,7,11-13,15,24H2,(H,27,28). The van der Waals surface area contributed by atoms with Gasteiger partial charge in [-0.3, -0.25) is 0 Å².